The third-order valence-electron chi connectivity index (χ3n) is 3.97. The van der Waals surface area contributed by atoms with E-state index in [9.17, 15) is 0 Å². The molecule has 0 amide bonds. The summed E-state index contributed by atoms with van der Waals surface area (Å²) in [4.78, 5) is 14.9. The fourth-order valence-electron chi connectivity index (χ4n) is 2.83. The van der Waals surface area contributed by atoms with Gasteiger partial charge >= 0.3 is 0 Å². The molecule has 4 rings (SSSR count). The molecule has 0 atom stereocenters. The van der Waals surface area contributed by atoms with Gasteiger partial charge in [-0.25, -0.2) is 9.97 Å². The van der Waals surface area contributed by atoms with Gasteiger partial charge in [0.15, 0.2) is 5.82 Å². The van der Waals surface area contributed by atoms with Crippen LogP contribution < -0.4 is 0 Å². The average molecular weight is 330 g/mol. The van der Waals surface area contributed by atoms with Gasteiger partial charge in [0.05, 0.1) is 11.6 Å². The molecule has 3 aromatic rings. The third kappa shape index (κ3) is 2.89. The quantitative estimate of drug-likeness (QED) is 0.678. The van der Waals surface area contributed by atoms with Crippen molar-refractivity contribution in [1.82, 2.24) is 15.0 Å². The molecule has 2 aromatic heterocycles. The van der Waals surface area contributed by atoms with Crippen LogP contribution in [0.25, 0.3) is 11.5 Å². The van der Waals surface area contributed by atoms with Gasteiger partial charge in [0, 0.05) is 22.3 Å². The molecule has 1 aliphatic rings. The summed E-state index contributed by atoms with van der Waals surface area (Å²) in [6, 6.07) is 15.6. The normalized spacial score (nSPS) is 12.6. The second-order valence-corrected chi connectivity index (χ2v) is 6.65. The van der Waals surface area contributed by atoms with Crippen molar-refractivity contribution >= 4 is 11.8 Å². The Balaban J connectivity index is 1.77. The third-order valence-corrected chi connectivity index (χ3v) is 4.99. The van der Waals surface area contributed by atoms with Crippen LogP contribution >= 0.6 is 11.8 Å². The van der Waals surface area contributed by atoms with Crippen LogP contribution in [0.3, 0.4) is 0 Å². The summed E-state index contributed by atoms with van der Waals surface area (Å²) in [7, 11) is 0. The maximum atomic E-state index is 9.08. The first kappa shape index (κ1) is 14.9. The van der Waals surface area contributed by atoms with E-state index >= 15 is 0 Å². The minimum Gasteiger partial charge on any atom is -0.253 e. The smallest absolute Gasteiger partial charge is 0.179 e. The van der Waals surface area contributed by atoms with E-state index in [-0.39, 0.29) is 0 Å². The number of pyridine rings is 1. The molecule has 0 bridgehead atoms. The van der Waals surface area contributed by atoms with E-state index in [0.29, 0.717) is 11.4 Å². The topological polar surface area (TPSA) is 62.5 Å². The monoisotopic (exact) mass is 330 g/mol. The Morgan fingerprint density at radius 2 is 2.00 bits per heavy atom. The molecular weight excluding hydrogens is 316 g/mol. The second kappa shape index (κ2) is 6.42. The first-order valence-corrected chi connectivity index (χ1v) is 8.64. The minimum atomic E-state index is 0.663. The Bertz CT molecular complexity index is 932. The fourth-order valence-corrected chi connectivity index (χ4v) is 3.86. The summed E-state index contributed by atoms with van der Waals surface area (Å²) in [6.45, 7) is 0. The van der Waals surface area contributed by atoms with Crippen LogP contribution in [0.5, 0.6) is 0 Å². The lowest BCUT2D eigenvalue weighted by Gasteiger charge is -2.09. The van der Waals surface area contributed by atoms with E-state index in [0.717, 1.165) is 40.6 Å². The van der Waals surface area contributed by atoms with Crippen molar-refractivity contribution in [2.45, 2.75) is 29.2 Å². The van der Waals surface area contributed by atoms with E-state index in [2.05, 4.69) is 11.1 Å². The molecule has 116 valence electrons. The van der Waals surface area contributed by atoms with Gasteiger partial charge in [0.2, 0.25) is 0 Å². The maximum absolute atomic E-state index is 9.08. The standard InChI is InChI=1S/C19H14N4S/c20-12-13-5-3-6-14(11-13)24-19-15-7-4-9-16(15)22-18(23-19)17-8-1-2-10-21-17/h1-3,5-6,8,10-11H,4,7,9H2. The van der Waals surface area contributed by atoms with Gasteiger partial charge in [-0.15, -0.1) is 0 Å². The molecule has 5 heteroatoms. The SMILES string of the molecule is N#Cc1cccc(Sc2nc(-c3ccccn3)nc3c2CCC3)c1. The number of fused-ring (bicyclic) bond motifs is 1. The number of aromatic nitrogens is 3. The van der Waals surface area contributed by atoms with Crippen LogP contribution in [-0.4, -0.2) is 15.0 Å². The molecule has 4 nitrogen and oxygen atoms in total. The molecule has 0 fully saturated rings. The summed E-state index contributed by atoms with van der Waals surface area (Å²) in [6.07, 6.45) is 4.87. The molecule has 0 saturated heterocycles. The van der Waals surface area contributed by atoms with Crippen molar-refractivity contribution in [2.24, 2.45) is 0 Å². The molecule has 24 heavy (non-hydrogen) atoms. The van der Waals surface area contributed by atoms with E-state index in [1.54, 1.807) is 18.0 Å². The van der Waals surface area contributed by atoms with Crippen molar-refractivity contribution in [3.05, 3.63) is 65.5 Å². The lowest BCUT2D eigenvalue weighted by molar-refractivity contribution is 0.896. The van der Waals surface area contributed by atoms with Crippen molar-refractivity contribution in [2.75, 3.05) is 0 Å². The van der Waals surface area contributed by atoms with Crippen molar-refractivity contribution in [3.8, 4) is 17.6 Å². The molecule has 0 radical (unpaired) electrons. The predicted molar refractivity (Wildman–Crippen MR) is 92.6 cm³/mol. The molecular formula is C19H14N4S. The molecule has 0 saturated carbocycles. The van der Waals surface area contributed by atoms with Crippen LogP contribution in [0.15, 0.2) is 58.6 Å². The maximum Gasteiger partial charge on any atom is 0.179 e. The van der Waals surface area contributed by atoms with Crippen LogP contribution in [0.4, 0.5) is 0 Å². The Morgan fingerprint density at radius 3 is 2.83 bits per heavy atom. The van der Waals surface area contributed by atoms with E-state index < -0.39 is 0 Å². The highest BCUT2D eigenvalue weighted by molar-refractivity contribution is 7.99. The largest absolute Gasteiger partial charge is 0.253 e. The summed E-state index contributed by atoms with van der Waals surface area (Å²) < 4.78 is 0. The van der Waals surface area contributed by atoms with Gasteiger partial charge < -0.3 is 0 Å². The van der Waals surface area contributed by atoms with E-state index in [4.69, 9.17) is 15.2 Å². The zero-order valence-corrected chi connectivity index (χ0v) is 13.8. The average Bonchev–Trinajstić information content (AvgIpc) is 3.11. The number of nitriles is 1. The van der Waals surface area contributed by atoms with Gasteiger partial charge in [-0.3, -0.25) is 4.98 Å². The van der Waals surface area contributed by atoms with Crippen LogP contribution in [-0.2, 0) is 12.8 Å². The predicted octanol–water partition coefficient (Wildman–Crippen LogP) is 4.05. The fraction of sp³-hybridized carbons (Fsp3) is 0.158. The number of hydrogen-bond acceptors (Lipinski definition) is 5. The molecule has 0 N–H and O–H groups in total. The Hall–Kier alpha value is -2.71. The molecule has 0 unspecified atom stereocenters. The Morgan fingerprint density at radius 1 is 1.04 bits per heavy atom. The second-order valence-electron chi connectivity index (χ2n) is 5.59. The number of aryl methyl sites for hydroxylation is 1. The highest BCUT2D eigenvalue weighted by Crippen LogP contribution is 2.35. The zero-order valence-electron chi connectivity index (χ0n) is 12.9. The molecule has 2 heterocycles. The van der Waals surface area contributed by atoms with Crippen LogP contribution in [0.1, 0.15) is 23.2 Å². The highest BCUT2D eigenvalue weighted by atomic mass is 32.2. The van der Waals surface area contributed by atoms with Crippen molar-refractivity contribution < 1.29 is 0 Å². The van der Waals surface area contributed by atoms with Gasteiger partial charge in [-0.2, -0.15) is 5.26 Å². The number of hydrogen-bond donors (Lipinski definition) is 0. The first-order valence-electron chi connectivity index (χ1n) is 7.83. The first-order chi connectivity index (χ1) is 11.8. The summed E-state index contributed by atoms with van der Waals surface area (Å²) in [5.74, 6) is 0.676. The van der Waals surface area contributed by atoms with Crippen molar-refractivity contribution in [1.29, 1.82) is 5.26 Å². The Labute approximate surface area is 144 Å². The number of rotatable bonds is 3. The van der Waals surface area contributed by atoms with Gasteiger partial charge in [0.25, 0.3) is 0 Å². The lowest BCUT2D eigenvalue weighted by Crippen LogP contribution is -2.00. The van der Waals surface area contributed by atoms with E-state index in [1.165, 1.54) is 5.56 Å². The number of benzene rings is 1. The minimum absolute atomic E-state index is 0.663. The van der Waals surface area contributed by atoms with Crippen LogP contribution in [0, 0.1) is 11.3 Å². The molecule has 1 aliphatic carbocycles. The van der Waals surface area contributed by atoms with Crippen molar-refractivity contribution in [3.63, 3.8) is 0 Å². The summed E-state index contributed by atoms with van der Waals surface area (Å²) in [5.41, 5.74) is 3.82. The molecule has 0 aliphatic heterocycles. The zero-order chi connectivity index (χ0) is 16.4. The lowest BCUT2D eigenvalue weighted by atomic mass is 10.2. The van der Waals surface area contributed by atoms with E-state index in [1.807, 2.05) is 42.5 Å². The highest BCUT2D eigenvalue weighted by Gasteiger charge is 2.21. The van der Waals surface area contributed by atoms with Gasteiger partial charge in [0.1, 0.15) is 10.7 Å². The number of nitrogens with zero attached hydrogens (tertiary/aromatic N) is 4. The van der Waals surface area contributed by atoms with Gasteiger partial charge in [-0.1, -0.05) is 23.9 Å². The van der Waals surface area contributed by atoms with Gasteiger partial charge in [-0.05, 0) is 49.6 Å². The summed E-state index contributed by atoms with van der Waals surface area (Å²) >= 11 is 1.60. The van der Waals surface area contributed by atoms with Crippen LogP contribution in [0.2, 0.25) is 0 Å². The summed E-state index contributed by atoms with van der Waals surface area (Å²) in [5, 5.41) is 10.1. The molecule has 0 spiro atoms. The Kier molecular flexibility index (Phi) is 3.97. The molecule has 1 aromatic carbocycles.